The summed E-state index contributed by atoms with van der Waals surface area (Å²) in [5.74, 6) is -0.963. The second-order valence-corrected chi connectivity index (χ2v) is 7.69. The van der Waals surface area contributed by atoms with Gasteiger partial charge in [0.25, 0.3) is 5.91 Å². The Labute approximate surface area is 196 Å². The number of carbonyl (C=O) groups is 2. The van der Waals surface area contributed by atoms with Gasteiger partial charge in [0.1, 0.15) is 18.2 Å². The number of ether oxygens (including phenoxy) is 2. The molecule has 1 N–H and O–H groups in total. The maximum atomic E-state index is 14.3. The summed E-state index contributed by atoms with van der Waals surface area (Å²) < 4.78 is 39.2. The van der Waals surface area contributed by atoms with E-state index in [4.69, 9.17) is 9.47 Å². The predicted molar refractivity (Wildman–Crippen MR) is 123 cm³/mol. The number of hydrogen-bond donors (Lipinski definition) is 1. The summed E-state index contributed by atoms with van der Waals surface area (Å²) in [5.41, 5.74) is 1.58. The minimum atomic E-state index is -0.833. The van der Waals surface area contributed by atoms with Crippen LogP contribution in [0.2, 0.25) is 0 Å². The van der Waals surface area contributed by atoms with Crippen molar-refractivity contribution in [3.63, 3.8) is 0 Å². The second kappa shape index (κ2) is 9.91. The quantitative estimate of drug-likeness (QED) is 0.559. The third-order valence-corrected chi connectivity index (χ3v) is 5.44. The SMILES string of the molecule is CCOc1ccc(C(=O)N2CC(=O)Nc3ccc(F)cc3C2c2ccc(F)cc2)cc1OCC. The van der Waals surface area contributed by atoms with Gasteiger partial charge in [-0.15, -0.1) is 0 Å². The zero-order chi connectivity index (χ0) is 24.2. The first-order valence-electron chi connectivity index (χ1n) is 11.0. The highest BCUT2D eigenvalue weighted by molar-refractivity contribution is 6.01. The molecule has 176 valence electrons. The Bertz CT molecular complexity index is 1210. The topological polar surface area (TPSA) is 67.9 Å². The molecule has 8 heteroatoms. The predicted octanol–water partition coefficient (Wildman–Crippen LogP) is 4.95. The van der Waals surface area contributed by atoms with Crippen molar-refractivity contribution >= 4 is 17.5 Å². The van der Waals surface area contributed by atoms with Gasteiger partial charge in [-0.1, -0.05) is 12.1 Å². The molecule has 0 aromatic heterocycles. The molecule has 0 bridgehead atoms. The molecule has 34 heavy (non-hydrogen) atoms. The Morgan fingerprint density at radius 3 is 2.32 bits per heavy atom. The number of hydrogen-bond acceptors (Lipinski definition) is 4. The van der Waals surface area contributed by atoms with Crippen LogP contribution >= 0.6 is 0 Å². The summed E-state index contributed by atoms with van der Waals surface area (Å²) in [6.45, 7) is 4.17. The molecule has 0 spiro atoms. The van der Waals surface area contributed by atoms with E-state index >= 15 is 0 Å². The number of benzene rings is 3. The molecule has 1 aliphatic heterocycles. The van der Waals surface area contributed by atoms with Crippen molar-refractivity contribution in [1.82, 2.24) is 4.90 Å². The molecule has 6 nitrogen and oxygen atoms in total. The first kappa shape index (κ1) is 23.2. The highest BCUT2D eigenvalue weighted by Gasteiger charge is 2.34. The molecule has 3 aromatic carbocycles. The number of rotatable bonds is 6. The average molecular weight is 466 g/mol. The van der Waals surface area contributed by atoms with Gasteiger partial charge in [0.2, 0.25) is 5.91 Å². The standard InChI is InChI=1S/C26H24F2N2O4/c1-3-33-22-12-7-17(13-23(22)34-4-2)26(32)30-15-24(31)29-21-11-10-19(28)14-20(21)25(30)16-5-8-18(27)9-6-16/h5-14,25H,3-4,15H2,1-2H3,(H,29,31). The number of nitrogens with zero attached hydrogens (tertiary/aromatic N) is 1. The molecule has 2 amide bonds. The summed E-state index contributed by atoms with van der Waals surface area (Å²) in [6.07, 6.45) is 0. The van der Waals surface area contributed by atoms with Crippen LogP contribution in [0.4, 0.5) is 14.5 Å². The number of nitrogens with one attached hydrogen (secondary N) is 1. The van der Waals surface area contributed by atoms with E-state index in [1.807, 2.05) is 13.8 Å². The molecule has 0 fully saturated rings. The minimum absolute atomic E-state index is 0.270. The average Bonchev–Trinajstić information content (AvgIpc) is 2.96. The lowest BCUT2D eigenvalue weighted by molar-refractivity contribution is -0.117. The van der Waals surface area contributed by atoms with Crippen LogP contribution in [0.5, 0.6) is 11.5 Å². The van der Waals surface area contributed by atoms with Gasteiger partial charge in [0.15, 0.2) is 11.5 Å². The van der Waals surface area contributed by atoms with Crippen LogP contribution in [-0.2, 0) is 4.79 Å². The van der Waals surface area contributed by atoms with E-state index in [2.05, 4.69) is 5.32 Å². The van der Waals surface area contributed by atoms with Gasteiger partial charge >= 0.3 is 0 Å². The van der Waals surface area contributed by atoms with Crippen LogP contribution < -0.4 is 14.8 Å². The summed E-state index contributed by atoms with van der Waals surface area (Å²) in [6, 6.07) is 13.5. The number of amides is 2. The molecule has 1 atom stereocenters. The first-order valence-corrected chi connectivity index (χ1v) is 11.0. The van der Waals surface area contributed by atoms with E-state index in [9.17, 15) is 18.4 Å². The Hall–Kier alpha value is -3.94. The number of fused-ring (bicyclic) bond motifs is 1. The van der Waals surface area contributed by atoms with E-state index < -0.39 is 29.5 Å². The molecular formula is C26H24F2N2O4. The van der Waals surface area contributed by atoms with Gasteiger partial charge < -0.3 is 19.7 Å². The molecule has 0 aliphatic carbocycles. The fourth-order valence-electron chi connectivity index (χ4n) is 4.02. The summed E-state index contributed by atoms with van der Waals surface area (Å²) in [5, 5.41) is 2.74. The highest BCUT2D eigenvalue weighted by Crippen LogP contribution is 2.38. The van der Waals surface area contributed by atoms with Crippen molar-refractivity contribution in [2.45, 2.75) is 19.9 Å². The third-order valence-electron chi connectivity index (χ3n) is 5.44. The maximum absolute atomic E-state index is 14.3. The lowest BCUT2D eigenvalue weighted by atomic mass is 9.95. The van der Waals surface area contributed by atoms with Crippen LogP contribution in [0.15, 0.2) is 60.7 Å². The largest absolute Gasteiger partial charge is 0.490 e. The fraction of sp³-hybridized carbons (Fsp3) is 0.231. The highest BCUT2D eigenvalue weighted by atomic mass is 19.1. The summed E-state index contributed by atoms with van der Waals surface area (Å²) >= 11 is 0. The lowest BCUT2D eigenvalue weighted by Crippen LogP contribution is -2.39. The zero-order valence-electron chi connectivity index (χ0n) is 18.8. The molecule has 4 rings (SSSR count). The van der Waals surface area contributed by atoms with Gasteiger partial charge in [0, 0.05) is 16.8 Å². The Morgan fingerprint density at radius 1 is 0.941 bits per heavy atom. The molecular weight excluding hydrogens is 442 g/mol. The molecule has 1 heterocycles. The smallest absolute Gasteiger partial charge is 0.255 e. The van der Waals surface area contributed by atoms with E-state index in [1.54, 1.807) is 18.2 Å². The van der Waals surface area contributed by atoms with Gasteiger partial charge in [-0.3, -0.25) is 9.59 Å². The van der Waals surface area contributed by atoms with Gasteiger partial charge in [0.05, 0.1) is 19.3 Å². The summed E-state index contributed by atoms with van der Waals surface area (Å²) in [7, 11) is 0. The van der Waals surface area contributed by atoms with Gasteiger partial charge in [-0.25, -0.2) is 8.78 Å². The number of anilines is 1. The first-order chi connectivity index (χ1) is 16.4. The fourth-order valence-corrected chi connectivity index (χ4v) is 4.02. The molecule has 0 radical (unpaired) electrons. The number of carbonyl (C=O) groups excluding carboxylic acids is 2. The molecule has 3 aromatic rings. The van der Waals surface area contributed by atoms with Crippen LogP contribution in [0.25, 0.3) is 0 Å². The van der Waals surface area contributed by atoms with E-state index in [-0.39, 0.29) is 12.1 Å². The van der Waals surface area contributed by atoms with Crippen molar-refractivity contribution in [2.75, 3.05) is 25.1 Å². The Balaban J connectivity index is 1.83. The normalized spacial score (nSPS) is 15.2. The Morgan fingerprint density at radius 2 is 1.62 bits per heavy atom. The maximum Gasteiger partial charge on any atom is 0.255 e. The molecule has 1 aliphatic rings. The minimum Gasteiger partial charge on any atom is -0.490 e. The Kier molecular flexibility index (Phi) is 6.77. The monoisotopic (exact) mass is 466 g/mol. The van der Waals surface area contributed by atoms with E-state index in [0.717, 1.165) is 0 Å². The lowest BCUT2D eigenvalue weighted by Gasteiger charge is -2.31. The molecule has 0 saturated carbocycles. The van der Waals surface area contributed by atoms with Crippen LogP contribution in [0.3, 0.4) is 0 Å². The van der Waals surface area contributed by atoms with Crippen LogP contribution in [-0.4, -0.2) is 36.5 Å². The molecule has 0 saturated heterocycles. The third kappa shape index (κ3) is 4.71. The van der Waals surface area contributed by atoms with Crippen molar-refractivity contribution in [3.05, 3.63) is 89.0 Å². The second-order valence-electron chi connectivity index (χ2n) is 7.69. The van der Waals surface area contributed by atoms with E-state index in [0.29, 0.717) is 41.5 Å². The van der Waals surface area contributed by atoms with Crippen molar-refractivity contribution in [2.24, 2.45) is 0 Å². The van der Waals surface area contributed by atoms with E-state index in [1.165, 1.54) is 47.4 Å². The van der Waals surface area contributed by atoms with Crippen molar-refractivity contribution in [3.8, 4) is 11.5 Å². The summed E-state index contributed by atoms with van der Waals surface area (Å²) in [4.78, 5) is 27.8. The van der Waals surface area contributed by atoms with Crippen LogP contribution in [0.1, 0.15) is 41.4 Å². The molecule has 1 unspecified atom stereocenters. The van der Waals surface area contributed by atoms with Gasteiger partial charge in [-0.05, 0) is 67.9 Å². The van der Waals surface area contributed by atoms with Crippen molar-refractivity contribution < 1.29 is 27.8 Å². The van der Waals surface area contributed by atoms with Gasteiger partial charge in [-0.2, -0.15) is 0 Å². The van der Waals surface area contributed by atoms with Crippen molar-refractivity contribution in [1.29, 1.82) is 0 Å². The number of halogens is 2. The van der Waals surface area contributed by atoms with Crippen LogP contribution in [0, 0.1) is 11.6 Å². The zero-order valence-corrected chi connectivity index (χ0v) is 18.8.